The highest BCUT2D eigenvalue weighted by Gasteiger charge is 2.35. The molecule has 0 fully saturated rings. The van der Waals surface area contributed by atoms with Gasteiger partial charge in [0.25, 0.3) is 0 Å². The van der Waals surface area contributed by atoms with E-state index in [2.05, 4.69) is 31.2 Å². The molecule has 43 heavy (non-hydrogen) atoms. The fourth-order valence-corrected chi connectivity index (χ4v) is 3.81. The molecule has 0 saturated heterocycles. The van der Waals surface area contributed by atoms with E-state index in [1.807, 2.05) is 0 Å². The third-order valence-corrected chi connectivity index (χ3v) is 6.49. The van der Waals surface area contributed by atoms with E-state index < -0.39 is 103 Å². The largest absolute Gasteiger partial charge is 0.481 e. The highest BCUT2D eigenvalue weighted by Crippen LogP contribution is 2.10. The second kappa shape index (κ2) is 17.4. The maximum atomic E-state index is 13.3. The lowest BCUT2D eigenvalue weighted by Crippen LogP contribution is -2.61. The zero-order valence-corrected chi connectivity index (χ0v) is 24.0. The number of nitrogens with two attached hydrogens (primary N) is 2. The molecule has 12 N–H and O–H groups in total. The van der Waals surface area contributed by atoms with Crippen molar-refractivity contribution in [2.24, 2.45) is 17.4 Å². The highest BCUT2D eigenvalue weighted by atomic mass is 16.4. The normalized spacial score (nSPS) is 15.8. The molecule has 240 valence electrons. The molecule has 18 nitrogen and oxygen atoms in total. The fraction of sp³-hybridized carbons (Fsp3) is 0.600. The SMILES string of the molecule is CC[C@H](C)[C@H](NC(=O)[C@H](Cc1cnc[nH]1)NC(=O)[C@@H](NC(=O)[C@H](CCC(=O)O)NC(=O)[C@@H](N)CC(N)=O)[C@@H](C)O)C(=O)O. The second-order valence-corrected chi connectivity index (χ2v) is 10.0. The quantitative estimate of drug-likeness (QED) is 0.0727. The molecule has 0 radical (unpaired) electrons. The number of imidazole rings is 1. The number of primary amides is 1. The average molecular weight is 613 g/mol. The van der Waals surface area contributed by atoms with Gasteiger partial charge < -0.3 is 53.0 Å². The first-order valence-corrected chi connectivity index (χ1v) is 13.4. The van der Waals surface area contributed by atoms with Gasteiger partial charge in [0.05, 0.1) is 24.9 Å². The third kappa shape index (κ3) is 12.4. The predicted octanol–water partition coefficient (Wildman–Crippen LogP) is -3.53. The Balaban J connectivity index is 3.18. The number of carbonyl (C=O) groups excluding carboxylic acids is 5. The summed E-state index contributed by atoms with van der Waals surface area (Å²) in [6.45, 7) is 4.52. The number of H-pyrrole nitrogens is 1. The van der Waals surface area contributed by atoms with Crippen LogP contribution in [0.5, 0.6) is 0 Å². The van der Waals surface area contributed by atoms with Crippen molar-refractivity contribution in [2.75, 3.05) is 0 Å². The number of hydrogen-bond acceptors (Lipinski definition) is 10. The van der Waals surface area contributed by atoms with Crippen LogP contribution in [0.3, 0.4) is 0 Å². The summed E-state index contributed by atoms with van der Waals surface area (Å²) in [5.74, 6) is -7.91. The van der Waals surface area contributed by atoms with Gasteiger partial charge in [-0.1, -0.05) is 20.3 Å². The van der Waals surface area contributed by atoms with Crippen LogP contribution in [0.25, 0.3) is 0 Å². The molecule has 1 rings (SSSR count). The number of carboxylic acid groups (broad SMARTS) is 2. The van der Waals surface area contributed by atoms with Crippen molar-refractivity contribution in [3.8, 4) is 0 Å². The number of aliphatic hydroxyl groups excluding tert-OH is 1. The Hall–Kier alpha value is -4.58. The molecule has 0 aromatic carbocycles. The number of aromatic nitrogens is 2. The summed E-state index contributed by atoms with van der Waals surface area (Å²) in [4.78, 5) is 92.4. The molecule has 1 aromatic heterocycles. The molecular formula is C25H40N8O10. The second-order valence-electron chi connectivity index (χ2n) is 10.0. The van der Waals surface area contributed by atoms with Gasteiger partial charge in [0.15, 0.2) is 0 Å². The molecule has 0 aliphatic carbocycles. The van der Waals surface area contributed by atoms with E-state index in [0.717, 1.165) is 6.92 Å². The van der Waals surface area contributed by atoms with E-state index >= 15 is 0 Å². The van der Waals surface area contributed by atoms with Crippen molar-refractivity contribution in [1.29, 1.82) is 0 Å². The van der Waals surface area contributed by atoms with Gasteiger partial charge in [0, 0.05) is 24.7 Å². The first-order chi connectivity index (χ1) is 20.1. The van der Waals surface area contributed by atoms with Gasteiger partial charge in [-0.25, -0.2) is 9.78 Å². The number of aliphatic hydroxyl groups is 1. The molecule has 0 spiro atoms. The molecule has 5 amide bonds. The monoisotopic (exact) mass is 612 g/mol. The van der Waals surface area contributed by atoms with Gasteiger partial charge in [-0.3, -0.25) is 28.8 Å². The van der Waals surface area contributed by atoms with E-state index in [1.165, 1.54) is 12.5 Å². The van der Waals surface area contributed by atoms with Crippen LogP contribution < -0.4 is 32.7 Å². The number of carboxylic acids is 2. The number of rotatable bonds is 19. The first kappa shape index (κ1) is 36.4. The van der Waals surface area contributed by atoms with Crippen LogP contribution in [0, 0.1) is 5.92 Å². The summed E-state index contributed by atoms with van der Waals surface area (Å²) in [5.41, 5.74) is 11.0. The molecule has 0 saturated carbocycles. The smallest absolute Gasteiger partial charge is 0.326 e. The fourth-order valence-electron chi connectivity index (χ4n) is 3.81. The third-order valence-electron chi connectivity index (χ3n) is 6.49. The molecule has 7 atom stereocenters. The topological polar surface area (TPSA) is 309 Å². The lowest BCUT2D eigenvalue weighted by atomic mass is 9.98. The maximum Gasteiger partial charge on any atom is 0.326 e. The van der Waals surface area contributed by atoms with Crippen LogP contribution >= 0.6 is 0 Å². The van der Waals surface area contributed by atoms with Gasteiger partial charge in [0.1, 0.15) is 24.2 Å². The number of nitrogens with zero attached hydrogens (tertiary/aromatic N) is 1. The van der Waals surface area contributed by atoms with E-state index in [0.29, 0.717) is 12.1 Å². The van der Waals surface area contributed by atoms with Crippen molar-refractivity contribution in [2.45, 2.75) is 89.2 Å². The Morgan fingerprint density at radius 3 is 1.98 bits per heavy atom. The van der Waals surface area contributed by atoms with Crippen molar-refractivity contribution in [3.63, 3.8) is 0 Å². The Kier molecular flexibility index (Phi) is 14.7. The molecule has 0 aliphatic heterocycles. The van der Waals surface area contributed by atoms with E-state index in [1.54, 1.807) is 13.8 Å². The Bertz CT molecular complexity index is 1140. The first-order valence-electron chi connectivity index (χ1n) is 13.4. The molecule has 1 heterocycles. The maximum absolute atomic E-state index is 13.3. The van der Waals surface area contributed by atoms with Crippen LogP contribution in [-0.2, 0) is 40.0 Å². The van der Waals surface area contributed by atoms with Crippen LogP contribution in [0.15, 0.2) is 12.5 Å². The zero-order chi connectivity index (χ0) is 32.9. The summed E-state index contributed by atoms with van der Waals surface area (Å²) in [6, 6.07) is -7.36. The number of nitrogens with one attached hydrogen (secondary N) is 5. The van der Waals surface area contributed by atoms with Crippen LogP contribution in [0.2, 0.25) is 0 Å². The number of aromatic amines is 1. The minimum Gasteiger partial charge on any atom is -0.481 e. The lowest BCUT2D eigenvalue weighted by Gasteiger charge is -2.28. The minimum absolute atomic E-state index is 0.167. The molecule has 0 aliphatic rings. The van der Waals surface area contributed by atoms with Crippen molar-refractivity contribution >= 4 is 41.5 Å². The molecule has 1 aromatic rings. The summed E-state index contributed by atoms with van der Waals surface area (Å²) in [7, 11) is 0. The summed E-state index contributed by atoms with van der Waals surface area (Å²) >= 11 is 0. The van der Waals surface area contributed by atoms with Crippen molar-refractivity contribution < 1.29 is 48.9 Å². The van der Waals surface area contributed by atoms with Gasteiger partial charge >= 0.3 is 11.9 Å². The van der Waals surface area contributed by atoms with Crippen molar-refractivity contribution in [3.05, 3.63) is 18.2 Å². The Morgan fingerprint density at radius 2 is 1.49 bits per heavy atom. The molecule has 0 bridgehead atoms. The average Bonchev–Trinajstić information content (AvgIpc) is 3.43. The van der Waals surface area contributed by atoms with Crippen LogP contribution in [-0.4, -0.2) is 103 Å². The minimum atomic E-state index is -1.71. The summed E-state index contributed by atoms with van der Waals surface area (Å²) in [6.07, 6.45) is -0.175. The number of hydrogen-bond donors (Lipinski definition) is 10. The Morgan fingerprint density at radius 1 is 0.907 bits per heavy atom. The van der Waals surface area contributed by atoms with Crippen molar-refractivity contribution in [1.82, 2.24) is 31.2 Å². The summed E-state index contributed by atoms with van der Waals surface area (Å²) < 4.78 is 0. The van der Waals surface area contributed by atoms with E-state index in [-0.39, 0.29) is 6.42 Å². The van der Waals surface area contributed by atoms with Crippen LogP contribution in [0.4, 0.5) is 0 Å². The number of carbonyl (C=O) groups is 7. The zero-order valence-electron chi connectivity index (χ0n) is 24.0. The number of amides is 5. The van der Waals surface area contributed by atoms with Crippen LogP contribution in [0.1, 0.15) is 52.1 Å². The Labute approximate surface area is 246 Å². The molecular weight excluding hydrogens is 572 g/mol. The standard InChI is InChI=1S/C25H40N8O10/c1-4-11(2)19(25(42)43)32-23(40)16(7-13-9-28-10-29-13)31-24(41)20(12(3)34)33-22(39)15(5-6-18(36)37)30-21(38)14(26)8-17(27)35/h9-12,14-16,19-20,34H,4-8,26H2,1-3H3,(H2,27,35)(H,28,29)(H,30,38)(H,31,41)(H,32,40)(H,33,39)(H,36,37)(H,42,43)/t11-,12+,14-,15-,16-,19-,20-/m0/s1. The predicted molar refractivity (Wildman–Crippen MR) is 147 cm³/mol. The highest BCUT2D eigenvalue weighted by molar-refractivity contribution is 5.96. The summed E-state index contributed by atoms with van der Waals surface area (Å²) in [5, 5.41) is 38.2. The molecule has 18 heteroatoms. The number of aliphatic carboxylic acids is 2. The van der Waals surface area contributed by atoms with E-state index in [4.69, 9.17) is 16.6 Å². The van der Waals surface area contributed by atoms with Gasteiger partial charge in [-0.15, -0.1) is 0 Å². The van der Waals surface area contributed by atoms with Gasteiger partial charge in [0.2, 0.25) is 29.5 Å². The van der Waals surface area contributed by atoms with Gasteiger partial charge in [-0.2, -0.15) is 0 Å². The molecule has 0 unspecified atom stereocenters. The van der Waals surface area contributed by atoms with E-state index in [9.17, 15) is 43.8 Å². The van der Waals surface area contributed by atoms with Gasteiger partial charge in [-0.05, 0) is 19.3 Å². The lowest BCUT2D eigenvalue weighted by molar-refractivity contribution is -0.144.